The highest BCUT2D eigenvalue weighted by Crippen LogP contribution is 2.52. The van der Waals surface area contributed by atoms with Gasteiger partial charge in [-0.05, 0) is 135 Å². The van der Waals surface area contributed by atoms with Crippen molar-refractivity contribution in [3.8, 4) is 17.1 Å². The van der Waals surface area contributed by atoms with Crippen LogP contribution in [0.1, 0.15) is 105 Å². The minimum Gasteiger partial charge on any atom is -0.456 e. The number of para-hydroxylation sites is 3. The molecule has 0 saturated carbocycles. The van der Waals surface area contributed by atoms with E-state index in [4.69, 9.17) is 13.3 Å². The summed E-state index contributed by atoms with van der Waals surface area (Å²) < 4.78 is 29.3. The third-order valence-electron chi connectivity index (χ3n) is 18.0. The molecule has 0 bridgehead atoms. The molecule has 0 spiro atoms. The summed E-state index contributed by atoms with van der Waals surface area (Å²) in [5, 5.41) is 13.2. The van der Waals surface area contributed by atoms with Gasteiger partial charge in [-0.15, -0.1) is 0 Å². The van der Waals surface area contributed by atoms with Crippen LogP contribution < -0.4 is 0 Å². The average molecular weight is 1070 g/mol. The Hall–Kier alpha value is -9.00. The van der Waals surface area contributed by atoms with Gasteiger partial charge in [-0.2, -0.15) is 0 Å². The maximum Gasteiger partial charge on any atom is 0.147 e. The topological polar surface area (TPSA) is 54.2 Å². The number of benzene rings is 10. The Kier molecular flexibility index (Phi) is 9.74. The molecule has 402 valence electrons. The van der Waals surface area contributed by atoms with Crippen LogP contribution in [0.4, 0.5) is 0 Å². The number of nitrogens with zero attached hydrogens (tertiary/aromatic N) is 3. The van der Waals surface area contributed by atoms with Gasteiger partial charge in [-0.1, -0.05) is 168 Å². The summed E-state index contributed by atoms with van der Waals surface area (Å²) in [5.74, 6) is 0. The highest BCUT2D eigenvalue weighted by Gasteiger charge is 2.32. The van der Waals surface area contributed by atoms with Gasteiger partial charge in [0, 0.05) is 37.7 Å². The zero-order valence-electron chi connectivity index (χ0n) is 48.8. The van der Waals surface area contributed by atoms with E-state index >= 15 is 0 Å². The first-order valence-corrected chi connectivity index (χ1v) is 29.1. The van der Waals surface area contributed by atoms with Crippen molar-refractivity contribution < 1.29 is 13.3 Å². The molecule has 82 heavy (non-hydrogen) atoms. The highest BCUT2D eigenvalue weighted by molar-refractivity contribution is 6.34. The van der Waals surface area contributed by atoms with E-state index in [1.54, 1.807) is 0 Å². The second kappa shape index (κ2) is 16.3. The lowest BCUT2D eigenvalue weighted by molar-refractivity contribution is 0.590. The second-order valence-electron chi connectivity index (χ2n) is 27.4. The maximum atomic E-state index is 7.48. The first kappa shape index (κ1) is 48.9. The lowest BCUT2D eigenvalue weighted by atomic mass is 9.85. The summed E-state index contributed by atoms with van der Waals surface area (Å²) in [6, 6.07) is 65.5. The quantitative estimate of drug-likeness (QED) is 0.177. The molecule has 16 rings (SSSR count). The van der Waals surface area contributed by atoms with Gasteiger partial charge in [0.2, 0.25) is 0 Å². The van der Waals surface area contributed by atoms with E-state index in [-0.39, 0.29) is 21.7 Å². The van der Waals surface area contributed by atoms with E-state index in [2.05, 4.69) is 273 Å². The fourth-order valence-corrected chi connectivity index (χ4v) is 13.7. The minimum atomic E-state index is -0.0544. The molecule has 6 heteroatoms. The van der Waals surface area contributed by atoms with Crippen molar-refractivity contribution in [2.45, 2.75) is 105 Å². The summed E-state index contributed by atoms with van der Waals surface area (Å²) in [6.45, 7) is 27.7. The van der Waals surface area contributed by atoms with Crippen LogP contribution in [0.3, 0.4) is 0 Å². The Labute approximate surface area is 475 Å². The third kappa shape index (κ3) is 6.81. The molecular formula is C76H65N3O3. The molecule has 0 aliphatic heterocycles. The van der Waals surface area contributed by atoms with E-state index in [9.17, 15) is 0 Å². The zero-order valence-corrected chi connectivity index (χ0v) is 48.8. The summed E-state index contributed by atoms with van der Waals surface area (Å²) >= 11 is 0. The molecular weight excluding hydrogens is 1000 g/mol. The molecule has 0 N–H and O–H groups in total. The van der Waals surface area contributed by atoms with Gasteiger partial charge in [0.05, 0.1) is 77.1 Å². The van der Waals surface area contributed by atoms with Crippen LogP contribution in [0, 0.1) is 0 Å². The standard InChI is InChI=1S/C76H65N3O3/c1-73(2,3)42-28-32-53-49(36-42)50-37-43(74(4,5)6)29-33-54(50)77(53)58-40-60-69(71-67(58)47-21-14-17-25-63(47)81-71)70-61(79(60)57-23-19-27-65-66(57)46-20-13-16-24-62(46)80-65)41-59(68-48-22-15-18-26-64(48)82-72(68)70)78-55-34-30-44(75(7,8)9)38-51(55)52-39-45(76(10,11)12)31-35-56(52)78/h13-41H,1-12H3. The monoisotopic (exact) mass is 1070 g/mol. The Morgan fingerprint density at radius 3 is 0.927 bits per heavy atom. The molecule has 0 saturated heterocycles. The van der Waals surface area contributed by atoms with Crippen LogP contribution in [-0.2, 0) is 21.7 Å². The van der Waals surface area contributed by atoms with Crippen LogP contribution in [0.15, 0.2) is 189 Å². The van der Waals surface area contributed by atoms with Crippen molar-refractivity contribution in [2.75, 3.05) is 0 Å². The van der Waals surface area contributed by atoms with Crippen LogP contribution in [0.5, 0.6) is 0 Å². The first-order chi connectivity index (χ1) is 39.2. The molecule has 6 heterocycles. The lowest BCUT2D eigenvalue weighted by Crippen LogP contribution is -2.10. The van der Waals surface area contributed by atoms with Crippen molar-refractivity contribution >= 4 is 131 Å². The predicted molar refractivity (Wildman–Crippen MR) is 346 cm³/mol. The number of aromatic nitrogens is 3. The van der Waals surface area contributed by atoms with E-state index in [1.807, 2.05) is 0 Å². The van der Waals surface area contributed by atoms with Gasteiger partial charge in [0.1, 0.15) is 33.5 Å². The number of furan rings is 3. The SMILES string of the molecule is CC(C)(C)c1ccc2c(c1)c1cc(C(C)(C)C)ccc1n2-c1cc2c(c3oc4ccccc4c13)c1c3oc4ccccc4c3c(-n3c4ccc(C(C)(C)C)cc4c4cc(C(C)(C)C)ccc43)cc1n2-c1cccc2oc3ccccc3c12. The summed E-state index contributed by atoms with van der Waals surface area (Å²) in [6.07, 6.45) is 0. The Morgan fingerprint density at radius 2 is 0.561 bits per heavy atom. The molecule has 0 aliphatic carbocycles. The summed E-state index contributed by atoms with van der Waals surface area (Å²) in [5.41, 5.74) is 19.6. The minimum absolute atomic E-state index is 0.0544. The normalized spacial score (nSPS) is 13.4. The highest BCUT2D eigenvalue weighted by atomic mass is 16.3. The zero-order chi connectivity index (χ0) is 56.3. The number of fused-ring (bicyclic) bond motifs is 20. The van der Waals surface area contributed by atoms with Gasteiger partial charge in [-0.3, -0.25) is 0 Å². The van der Waals surface area contributed by atoms with Gasteiger partial charge < -0.3 is 27.0 Å². The van der Waals surface area contributed by atoms with Crippen molar-refractivity contribution in [3.05, 3.63) is 198 Å². The van der Waals surface area contributed by atoms with E-state index in [1.165, 1.54) is 43.8 Å². The van der Waals surface area contributed by atoms with Crippen LogP contribution >= 0.6 is 0 Å². The number of hydrogen-bond donors (Lipinski definition) is 0. The molecule has 0 amide bonds. The summed E-state index contributed by atoms with van der Waals surface area (Å²) in [4.78, 5) is 0. The summed E-state index contributed by atoms with van der Waals surface area (Å²) in [7, 11) is 0. The Morgan fingerprint density at radius 1 is 0.244 bits per heavy atom. The molecule has 0 unspecified atom stereocenters. The van der Waals surface area contributed by atoms with E-state index in [0.717, 1.165) is 127 Å². The van der Waals surface area contributed by atoms with E-state index < -0.39 is 0 Å². The fourth-order valence-electron chi connectivity index (χ4n) is 13.7. The Bertz CT molecular complexity index is 5010. The van der Waals surface area contributed by atoms with Crippen LogP contribution in [0.25, 0.3) is 148 Å². The lowest BCUT2D eigenvalue weighted by Gasteiger charge is -2.19. The Balaban J connectivity index is 1.15. The largest absolute Gasteiger partial charge is 0.456 e. The molecule has 0 aliphatic rings. The molecule has 6 aromatic heterocycles. The van der Waals surface area contributed by atoms with E-state index in [0.29, 0.717) is 0 Å². The predicted octanol–water partition coefficient (Wildman–Crippen LogP) is 21.9. The molecule has 16 aromatic rings. The average Bonchev–Trinajstić information content (AvgIpc) is 3.71. The third-order valence-corrected chi connectivity index (χ3v) is 18.0. The molecule has 10 aromatic carbocycles. The number of hydrogen-bond acceptors (Lipinski definition) is 3. The van der Waals surface area contributed by atoms with Gasteiger partial charge in [0.15, 0.2) is 0 Å². The van der Waals surface area contributed by atoms with Crippen molar-refractivity contribution in [2.24, 2.45) is 0 Å². The van der Waals surface area contributed by atoms with Gasteiger partial charge in [0.25, 0.3) is 0 Å². The molecule has 6 nitrogen and oxygen atoms in total. The second-order valence-corrected chi connectivity index (χ2v) is 27.4. The van der Waals surface area contributed by atoms with Crippen LogP contribution in [0.2, 0.25) is 0 Å². The fraction of sp³-hybridized carbons (Fsp3) is 0.211. The smallest absolute Gasteiger partial charge is 0.147 e. The molecule has 0 fully saturated rings. The van der Waals surface area contributed by atoms with Gasteiger partial charge >= 0.3 is 0 Å². The van der Waals surface area contributed by atoms with Crippen molar-refractivity contribution in [1.29, 1.82) is 0 Å². The number of rotatable bonds is 3. The maximum absolute atomic E-state index is 7.48. The van der Waals surface area contributed by atoms with Gasteiger partial charge in [-0.25, -0.2) is 0 Å². The van der Waals surface area contributed by atoms with Crippen molar-refractivity contribution in [3.63, 3.8) is 0 Å². The van der Waals surface area contributed by atoms with Crippen LogP contribution in [-0.4, -0.2) is 13.7 Å². The molecule has 0 atom stereocenters. The first-order valence-electron chi connectivity index (χ1n) is 29.1. The van der Waals surface area contributed by atoms with Crippen molar-refractivity contribution in [1.82, 2.24) is 13.7 Å². The molecule has 0 radical (unpaired) electrons.